The molecule has 0 bridgehead atoms. The molecule has 1 aromatic rings. The van der Waals surface area contributed by atoms with E-state index < -0.39 is 22.2 Å². The summed E-state index contributed by atoms with van der Waals surface area (Å²) in [6.45, 7) is 10.8. The van der Waals surface area contributed by atoms with Crippen LogP contribution in [0.25, 0.3) is 0 Å². The second-order valence-corrected chi connectivity index (χ2v) is 8.48. The predicted octanol–water partition coefficient (Wildman–Crippen LogP) is 3.68. The highest BCUT2D eigenvalue weighted by Gasteiger charge is 2.31. The fraction of sp³-hybridized carbons (Fsp3) is 0.600. The Hall–Kier alpha value is -2.64. The topological polar surface area (TPSA) is 99.0 Å². The van der Waals surface area contributed by atoms with Crippen molar-refractivity contribution >= 4 is 17.6 Å². The first-order chi connectivity index (χ1) is 12.8. The molecule has 0 radical (unpaired) electrons. The molecule has 8 heteroatoms. The molecule has 0 aromatic heterocycles. The Kier molecular flexibility index (Phi) is 6.01. The van der Waals surface area contributed by atoms with Crippen molar-refractivity contribution in [3.63, 3.8) is 0 Å². The van der Waals surface area contributed by atoms with E-state index in [0.717, 1.165) is 11.1 Å². The second kappa shape index (κ2) is 7.77. The number of hydrogen-bond donors (Lipinski definition) is 0. The van der Waals surface area contributed by atoms with Crippen LogP contribution in [0, 0.1) is 10.1 Å². The van der Waals surface area contributed by atoms with E-state index in [4.69, 9.17) is 9.47 Å². The summed E-state index contributed by atoms with van der Waals surface area (Å²) in [7, 11) is 0. The number of hydrogen-bond acceptors (Lipinski definition) is 6. The number of carbonyl (C=O) groups excluding carboxylic acids is 2. The number of fused-ring (bicyclic) bond motifs is 1. The van der Waals surface area contributed by atoms with E-state index in [-0.39, 0.29) is 17.2 Å². The SMILES string of the molecule is CC(=O)C(C)(C)Oc1cc2c(cc1[N+](=O)[O-])CCN(C(=O)OC(C)(C)C)CC2. The maximum atomic E-state index is 12.4. The minimum absolute atomic E-state index is 0.0645. The fourth-order valence-corrected chi connectivity index (χ4v) is 2.82. The van der Waals surface area contributed by atoms with Crippen LogP contribution in [-0.2, 0) is 22.4 Å². The summed E-state index contributed by atoms with van der Waals surface area (Å²) < 4.78 is 11.1. The van der Waals surface area contributed by atoms with Crippen LogP contribution < -0.4 is 4.74 Å². The lowest BCUT2D eigenvalue weighted by Crippen LogP contribution is -2.38. The van der Waals surface area contributed by atoms with Crippen molar-refractivity contribution in [1.82, 2.24) is 4.90 Å². The summed E-state index contributed by atoms with van der Waals surface area (Å²) in [5, 5.41) is 11.5. The number of rotatable bonds is 4. The molecule has 154 valence electrons. The maximum Gasteiger partial charge on any atom is 0.410 e. The van der Waals surface area contributed by atoms with E-state index in [1.54, 1.807) is 45.6 Å². The summed E-state index contributed by atoms with van der Waals surface area (Å²) in [4.78, 5) is 36.8. The highest BCUT2D eigenvalue weighted by molar-refractivity contribution is 5.84. The molecular formula is C20H28N2O6. The van der Waals surface area contributed by atoms with Crippen molar-refractivity contribution < 1.29 is 24.0 Å². The van der Waals surface area contributed by atoms with E-state index >= 15 is 0 Å². The van der Waals surface area contributed by atoms with Crippen LogP contribution in [0.4, 0.5) is 10.5 Å². The molecule has 0 saturated heterocycles. The lowest BCUT2D eigenvalue weighted by molar-refractivity contribution is -0.386. The first-order valence-electron chi connectivity index (χ1n) is 9.28. The maximum absolute atomic E-state index is 12.4. The average molecular weight is 392 g/mol. The van der Waals surface area contributed by atoms with Crippen LogP contribution in [0.3, 0.4) is 0 Å². The van der Waals surface area contributed by atoms with Crippen LogP contribution in [0.5, 0.6) is 5.75 Å². The van der Waals surface area contributed by atoms with Gasteiger partial charge in [0.2, 0.25) is 0 Å². The van der Waals surface area contributed by atoms with E-state index in [9.17, 15) is 19.7 Å². The lowest BCUT2D eigenvalue weighted by Gasteiger charge is -2.26. The lowest BCUT2D eigenvalue weighted by atomic mass is 10.0. The van der Waals surface area contributed by atoms with E-state index in [2.05, 4.69) is 0 Å². The number of ether oxygens (including phenoxy) is 2. The molecule has 2 rings (SSSR count). The molecule has 0 fully saturated rings. The summed E-state index contributed by atoms with van der Waals surface area (Å²) in [6, 6.07) is 3.11. The van der Waals surface area contributed by atoms with Crippen LogP contribution >= 0.6 is 0 Å². The highest BCUT2D eigenvalue weighted by atomic mass is 16.6. The Balaban J connectivity index is 2.30. The number of amides is 1. The minimum atomic E-state index is -1.17. The Bertz CT molecular complexity index is 795. The summed E-state index contributed by atoms with van der Waals surface area (Å²) in [6.07, 6.45) is 0.596. The normalized spacial score (nSPS) is 14.7. The Labute approximate surface area is 164 Å². The Morgan fingerprint density at radius 2 is 1.61 bits per heavy atom. The van der Waals surface area contributed by atoms with Crippen LogP contribution in [0.1, 0.15) is 52.7 Å². The Morgan fingerprint density at radius 3 is 2.07 bits per heavy atom. The van der Waals surface area contributed by atoms with Gasteiger partial charge in [-0.15, -0.1) is 0 Å². The molecular weight excluding hydrogens is 364 g/mol. The van der Waals surface area contributed by atoms with Gasteiger partial charge in [-0.2, -0.15) is 0 Å². The van der Waals surface area contributed by atoms with Gasteiger partial charge in [0.25, 0.3) is 0 Å². The van der Waals surface area contributed by atoms with Crippen molar-refractivity contribution in [2.45, 2.75) is 65.6 Å². The molecule has 8 nitrogen and oxygen atoms in total. The zero-order chi connectivity index (χ0) is 21.3. The van der Waals surface area contributed by atoms with Gasteiger partial charge < -0.3 is 14.4 Å². The molecule has 28 heavy (non-hydrogen) atoms. The molecule has 1 aliphatic rings. The quantitative estimate of drug-likeness (QED) is 0.572. The number of nitrogens with zero attached hydrogens (tertiary/aromatic N) is 2. The molecule has 0 atom stereocenters. The number of ketones is 1. The van der Waals surface area contributed by atoms with Gasteiger partial charge in [-0.05, 0) is 71.6 Å². The van der Waals surface area contributed by atoms with Gasteiger partial charge in [0, 0.05) is 19.2 Å². The fourth-order valence-electron chi connectivity index (χ4n) is 2.82. The van der Waals surface area contributed by atoms with Crippen LogP contribution in [0.15, 0.2) is 12.1 Å². The predicted molar refractivity (Wildman–Crippen MR) is 104 cm³/mol. The van der Waals surface area contributed by atoms with Crippen LogP contribution in [-0.4, -0.2) is 46.0 Å². The molecule has 1 aromatic carbocycles. The molecule has 0 spiro atoms. The molecule has 0 saturated carbocycles. The largest absolute Gasteiger partial charge is 0.473 e. The standard InChI is InChI=1S/C20H28N2O6/c1-13(23)20(5,6)27-17-12-15-8-10-21(18(24)28-19(2,3)4)9-7-14(15)11-16(17)22(25)26/h11-12H,7-10H2,1-6H3. The van der Waals surface area contributed by atoms with Gasteiger partial charge in [0.1, 0.15) is 5.60 Å². The van der Waals surface area contributed by atoms with Gasteiger partial charge in [0.05, 0.1) is 4.92 Å². The number of Topliss-reactive ketones (excluding diaryl/α,β-unsaturated/α-hetero) is 1. The van der Waals surface area contributed by atoms with Crippen molar-refractivity contribution in [1.29, 1.82) is 0 Å². The van der Waals surface area contributed by atoms with Gasteiger partial charge in [0.15, 0.2) is 17.1 Å². The molecule has 1 heterocycles. The summed E-state index contributed by atoms with van der Waals surface area (Å²) in [5.74, 6) is -0.164. The number of nitro groups is 1. The number of nitro benzene ring substituents is 1. The average Bonchev–Trinajstić information content (AvgIpc) is 2.74. The third-order valence-corrected chi connectivity index (χ3v) is 4.64. The van der Waals surface area contributed by atoms with Gasteiger partial charge in [-0.1, -0.05) is 0 Å². The second-order valence-electron chi connectivity index (χ2n) is 8.48. The monoisotopic (exact) mass is 392 g/mol. The third kappa shape index (κ3) is 5.21. The van der Waals surface area contributed by atoms with Gasteiger partial charge in [-0.25, -0.2) is 4.79 Å². The third-order valence-electron chi connectivity index (χ3n) is 4.64. The Morgan fingerprint density at radius 1 is 1.07 bits per heavy atom. The highest BCUT2D eigenvalue weighted by Crippen LogP contribution is 2.35. The van der Waals surface area contributed by atoms with E-state index in [1.807, 2.05) is 0 Å². The van der Waals surface area contributed by atoms with Gasteiger partial charge >= 0.3 is 11.8 Å². The van der Waals surface area contributed by atoms with Crippen LogP contribution in [0.2, 0.25) is 0 Å². The van der Waals surface area contributed by atoms with Crippen molar-refractivity contribution in [3.8, 4) is 5.75 Å². The van der Waals surface area contributed by atoms with E-state index in [0.29, 0.717) is 25.9 Å². The zero-order valence-electron chi connectivity index (χ0n) is 17.3. The van der Waals surface area contributed by atoms with Crippen molar-refractivity contribution in [2.75, 3.05) is 13.1 Å². The smallest absolute Gasteiger partial charge is 0.410 e. The molecule has 0 N–H and O–H groups in total. The number of carbonyl (C=O) groups is 2. The summed E-state index contributed by atoms with van der Waals surface area (Å²) in [5.41, 5.74) is -0.281. The van der Waals surface area contributed by atoms with Crippen molar-refractivity contribution in [3.05, 3.63) is 33.4 Å². The first kappa shape index (κ1) is 21.7. The first-order valence-corrected chi connectivity index (χ1v) is 9.28. The molecule has 1 aliphatic heterocycles. The van der Waals surface area contributed by atoms with Gasteiger partial charge in [-0.3, -0.25) is 14.9 Å². The minimum Gasteiger partial charge on any atom is -0.473 e. The summed E-state index contributed by atoms with van der Waals surface area (Å²) >= 11 is 0. The molecule has 1 amide bonds. The zero-order valence-corrected chi connectivity index (χ0v) is 17.3. The van der Waals surface area contributed by atoms with E-state index in [1.165, 1.54) is 13.0 Å². The van der Waals surface area contributed by atoms with Crippen molar-refractivity contribution in [2.24, 2.45) is 0 Å². The molecule has 0 aliphatic carbocycles. The number of benzene rings is 1. The molecule has 0 unspecified atom stereocenters.